The summed E-state index contributed by atoms with van der Waals surface area (Å²) >= 11 is 1.29. The summed E-state index contributed by atoms with van der Waals surface area (Å²) in [5.74, 6) is 0. The van der Waals surface area contributed by atoms with Crippen molar-refractivity contribution >= 4 is 32.7 Å². The molecule has 0 radical (unpaired) electrons. The van der Waals surface area contributed by atoms with Gasteiger partial charge in [0.1, 0.15) is 4.21 Å². The van der Waals surface area contributed by atoms with Gasteiger partial charge in [0, 0.05) is 18.0 Å². The van der Waals surface area contributed by atoms with E-state index >= 15 is 0 Å². The van der Waals surface area contributed by atoms with E-state index in [1.165, 1.54) is 17.8 Å². The first-order valence-corrected chi connectivity index (χ1v) is 9.79. The lowest BCUT2D eigenvalue weighted by atomic mass is 10.1. The van der Waals surface area contributed by atoms with Crippen molar-refractivity contribution in [1.82, 2.24) is 0 Å². The summed E-state index contributed by atoms with van der Waals surface area (Å²) in [7, 11) is -3.51. The molecular formula is C16H20N2O2S2. The molecule has 0 bridgehead atoms. The summed E-state index contributed by atoms with van der Waals surface area (Å²) in [5, 5.41) is 0. The molecule has 2 heterocycles. The molecule has 0 saturated carbocycles. The SMILES string of the molecule is Cc1ccc(S(=O)(=O)Nc2ccccc2N2CCCCC2)s1. The number of nitrogens with zero attached hydrogens (tertiary/aromatic N) is 1. The third kappa shape index (κ3) is 3.28. The molecule has 1 N–H and O–H groups in total. The summed E-state index contributed by atoms with van der Waals surface area (Å²) in [4.78, 5) is 3.26. The molecule has 6 heteroatoms. The van der Waals surface area contributed by atoms with Gasteiger partial charge in [0.25, 0.3) is 10.0 Å². The van der Waals surface area contributed by atoms with E-state index in [4.69, 9.17) is 0 Å². The molecule has 0 spiro atoms. The smallest absolute Gasteiger partial charge is 0.271 e. The minimum atomic E-state index is -3.51. The molecule has 1 aromatic heterocycles. The number of hydrogen-bond donors (Lipinski definition) is 1. The highest BCUT2D eigenvalue weighted by Gasteiger charge is 2.20. The van der Waals surface area contributed by atoms with E-state index in [0.717, 1.165) is 36.5 Å². The maximum absolute atomic E-state index is 12.5. The lowest BCUT2D eigenvalue weighted by Gasteiger charge is -2.30. The Balaban J connectivity index is 1.89. The van der Waals surface area contributed by atoms with Gasteiger partial charge in [0.05, 0.1) is 11.4 Å². The number of anilines is 2. The van der Waals surface area contributed by atoms with Crippen LogP contribution in [0.5, 0.6) is 0 Å². The van der Waals surface area contributed by atoms with Gasteiger partial charge in [-0.3, -0.25) is 4.72 Å². The van der Waals surface area contributed by atoms with E-state index in [1.54, 1.807) is 6.07 Å². The Bertz CT molecular complexity index is 747. The Hall–Kier alpha value is -1.53. The normalized spacial score (nSPS) is 15.8. The van der Waals surface area contributed by atoms with Crippen LogP contribution in [0.15, 0.2) is 40.6 Å². The van der Waals surface area contributed by atoms with Crippen molar-refractivity contribution in [3.05, 3.63) is 41.3 Å². The molecule has 4 nitrogen and oxygen atoms in total. The highest BCUT2D eigenvalue weighted by molar-refractivity contribution is 7.94. The first-order chi connectivity index (χ1) is 10.6. The minimum absolute atomic E-state index is 0.360. The third-order valence-corrected chi connectivity index (χ3v) is 6.68. The zero-order valence-electron chi connectivity index (χ0n) is 12.6. The first-order valence-electron chi connectivity index (χ1n) is 7.49. The fraction of sp³-hybridized carbons (Fsp3) is 0.375. The molecule has 1 aliphatic rings. The Labute approximate surface area is 135 Å². The first kappa shape index (κ1) is 15.4. The van der Waals surface area contributed by atoms with E-state index in [2.05, 4.69) is 9.62 Å². The summed E-state index contributed by atoms with van der Waals surface area (Å²) in [5.41, 5.74) is 1.63. The zero-order chi connectivity index (χ0) is 15.6. The second-order valence-electron chi connectivity index (χ2n) is 5.54. The molecule has 1 aliphatic heterocycles. The second-order valence-corrected chi connectivity index (χ2v) is 8.73. The summed E-state index contributed by atoms with van der Waals surface area (Å²) in [6, 6.07) is 11.1. The van der Waals surface area contributed by atoms with Crippen LogP contribution in [-0.4, -0.2) is 21.5 Å². The average Bonchev–Trinajstić information content (AvgIpc) is 2.96. The molecule has 0 aliphatic carbocycles. The quantitative estimate of drug-likeness (QED) is 0.922. The van der Waals surface area contributed by atoms with E-state index in [1.807, 2.05) is 37.3 Å². The van der Waals surface area contributed by atoms with Crippen LogP contribution in [0, 0.1) is 6.92 Å². The van der Waals surface area contributed by atoms with Crippen LogP contribution in [-0.2, 0) is 10.0 Å². The van der Waals surface area contributed by atoms with Gasteiger partial charge in [-0.15, -0.1) is 11.3 Å². The second kappa shape index (κ2) is 6.30. The van der Waals surface area contributed by atoms with Crippen LogP contribution in [0.25, 0.3) is 0 Å². The minimum Gasteiger partial charge on any atom is -0.370 e. The molecule has 0 amide bonds. The third-order valence-electron chi connectivity index (χ3n) is 3.83. The van der Waals surface area contributed by atoms with Crippen molar-refractivity contribution in [2.45, 2.75) is 30.4 Å². The standard InChI is InChI=1S/C16H20N2O2S2/c1-13-9-10-16(21-13)22(19,20)17-14-7-3-4-8-15(14)18-11-5-2-6-12-18/h3-4,7-10,17H,2,5-6,11-12H2,1H3. The predicted octanol–water partition coefficient (Wildman–Crippen LogP) is 3.85. The van der Waals surface area contributed by atoms with Gasteiger partial charge in [-0.25, -0.2) is 8.42 Å². The summed E-state index contributed by atoms with van der Waals surface area (Å²) in [6.07, 6.45) is 3.56. The van der Waals surface area contributed by atoms with Gasteiger partial charge in [-0.2, -0.15) is 0 Å². The van der Waals surface area contributed by atoms with E-state index in [9.17, 15) is 8.42 Å². The van der Waals surface area contributed by atoms with E-state index in [-0.39, 0.29) is 0 Å². The van der Waals surface area contributed by atoms with Crippen molar-refractivity contribution in [2.75, 3.05) is 22.7 Å². The number of thiophene rings is 1. The number of hydrogen-bond acceptors (Lipinski definition) is 4. The Morgan fingerprint density at radius 2 is 1.77 bits per heavy atom. The monoisotopic (exact) mass is 336 g/mol. The van der Waals surface area contributed by atoms with Crippen molar-refractivity contribution in [3.63, 3.8) is 0 Å². The van der Waals surface area contributed by atoms with Gasteiger partial charge >= 0.3 is 0 Å². The Morgan fingerprint density at radius 3 is 2.45 bits per heavy atom. The van der Waals surface area contributed by atoms with Gasteiger partial charge in [0.2, 0.25) is 0 Å². The number of aryl methyl sites for hydroxylation is 1. The molecule has 0 unspecified atom stereocenters. The molecule has 1 aromatic carbocycles. The van der Waals surface area contributed by atoms with Crippen molar-refractivity contribution in [2.24, 2.45) is 0 Å². The molecule has 1 saturated heterocycles. The van der Waals surface area contributed by atoms with Gasteiger partial charge in [0.15, 0.2) is 0 Å². The largest absolute Gasteiger partial charge is 0.370 e. The number of sulfonamides is 1. The van der Waals surface area contributed by atoms with Gasteiger partial charge < -0.3 is 4.90 Å². The van der Waals surface area contributed by atoms with Crippen LogP contribution in [0.3, 0.4) is 0 Å². The fourth-order valence-electron chi connectivity index (χ4n) is 2.72. The van der Waals surface area contributed by atoms with Gasteiger partial charge in [-0.05, 0) is 50.5 Å². The molecule has 118 valence electrons. The molecule has 1 fully saturated rings. The number of para-hydroxylation sites is 2. The van der Waals surface area contributed by atoms with Crippen molar-refractivity contribution < 1.29 is 8.42 Å². The van der Waals surface area contributed by atoms with Crippen LogP contribution < -0.4 is 9.62 Å². The number of piperidine rings is 1. The summed E-state index contributed by atoms with van der Waals surface area (Å²) < 4.78 is 28.2. The number of rotatable bonds is 4. The highest BCUT2D eigenvalue weighted by atomic mass is 32.2. The molecule has 22 heavy (non-hydrogen) atoms. The highest BCUT2D eigenvalue weighted by Crippen LogP contribution is 2.31. The van der Waals surface area contributed by atoms with Gasteiger partial charge in [-0.1, -0.05) is 12.1 Å². The number of nitrogens with one attached hydrogen (secondary N) is 1. The lowest BCUT2D eigenvalue weighted by molar-refractivity contribution is 0.578. The van der Waals surface area contributed by atoms with Crippen LogP contribution in [0.4, 0.5) is 11.4 Å². The maximum Gasteiger partial charge on any atom is 0.271 e. The Kier molecular flexibility index (Phi) is 4.40. The number of benzene rings is 1. The van der Waals surface area contributed by atoms with Crippen LogP contribution in [0.1, 0.15) is 24.1 Å². The Morgan fingerprint density at radius 1 is 1.05 bits per heavy atom. The maximum atomic E-state index is 12.5. The molecule has 0 atom stereocenters. The van der Waals surface area contributed by atoms with Crippen molar-refractivity contribution in [1.29, 1.82) is 0 Å². The predicted molar refractivity (Wildman–Crippen MR) is 92.4 cm³/mol. The van der Waals surface area contributed by atoms with Crippen molar-refractivity contribution in [3.8, 4) is 0 Å². The fourth-order valence-corrected chi connectivity index (χ4v) is 5.08. The average molecular weight is 336 g/mol. The topological polar surface area (TPSA) is 49.4 Å². The van der Waals surface area contributed by atoms with Crippen LogP contribution in [0.2, 0.25) is 0 Å². The van der Waals surface area contributed by atoms with E-state index < -0.39 is 10.0 Å². The zero-order valence-corrected chi connectivity index (χ0v) is 14.2. The molecule has 2 aromatic rings. The molecule has 3 rings (SSSR count). The van der Waals surface area contributed by atoms with E-state index in [0.29, 0.717) is 9.90 Å². The summed E-state index contributed by atoms with van der Waals surface area (Å²) in [6.45, 7) is 3.87. The molecular weight excluding hydrogens is 316 g/mol. The van der Waals surface area contributed by atoms with Crippen LogP contribution >= 0.6 is 11.3 Å². The lowest BCUT2D eigenvalue weighted by Crippen LogP contribution is -2.30.